The average molecular weight is 156 g/mol. The predicted octanol–water partition coefficient (Wildman–Crippen LogP) is -0.721. The second kappa shape index (κ2) is 4.88. The van der Waals surface area contributed by atoms with Gasteiger partial charge in [-0.15, -0.1) is 0 Å². The molecule has 0 aliphatic carbocycles. The van der Waals surface area contributed by atoms with Crippen LogP contribution in [0.3, 0.4) is 0 Å². The zero-order chi connectivity index (χ0) is 6.85. The van der Waals surface area contributed by atoms with Crippen LogP contribution >= 0.6 is 0 Å². The summed E-state index contributed by atoms with van der Waals surface area (Å²) in [4.78, 5) is 0. The first-order chi connectivity index (χ1) is 4.20. The molecule has 0 heterocycles. The van der Waals surface area contributed by atoms with Crippen molar-refractivity contribution in [2.24, 2.45) is 0 Å². The molecule has 0 aromatic heterocycles. The number of hydrogen-bond acceptors (Lipinski definition) is 0. The lowest BCUT2D eigenvalue weighted by atomic mass is 9.91. The topological polar surface area (TPSA) is 63.0 Å². The first-order valence-electron chi connectivity index (χ1n) is 2.72. The Morgan fingerprint density at radius 3 is 2.18 bits per heavy atom. The quantitative estimate of drug-likeness (QED) is 0.445. The summed E-state index contributed by atoms with van der Waals surface area (Å²) < 4.78 is 12.3. The lowest BCUT2D eigenvalue weighted by Gasteiger charge is -1.96. The maximum atomic E-state index is 12.3. The fraction of sp³-hybridized carbons (Fsp3) is 0.143. The second-order valence-electron chi connectivity index (χ2n) is 2.00. The van der Waals surface area contributed by atoms with Gasteiger partial charge in [0.05, 0.1) is 0 Å². The molecule has 60 valence electrons. The van der Waals surface area contributed by atoms with E-state index in [1.807, 2.05) is 0 Å². The monoisotopic (exact) mass is 156 g/mol. The van der Waals surface area contributed by atoms with Crippen molar-refractivity contribution >= 4 is 13.3 Å². The molecule has 0 saturated heterocycles. The summed E-state index contributed by atoms with van der Waals surface area (Å²) in [6.07, 6.45) is 0. The van der Waals surface area contributed by atoms with Crippen LogP contribution in [-0.2, 0) is 0 Å². The van der Waals surface area contributed by atoms with Crippen LogP contribution < -0.4 is 5.46 Å². The fourth-order valence-corrected chi connectivity index (χ4v) is 0.639. The van der Waals surface area contributed by atoms with Gasteiger partial charge in [-0.1, -0.05) is 17.1 Å². The van der Waals surface area contributed by atoms with E-state index >= 15 is 0 Å². The van der Waals surface area contributed by atoms with Gasteiger partial charge in [0, 0.05) is 0 Å². The molecule has 0 bridgehead atoms. The van der Waals surface area contributed by atoms with E-state index in [-0.39, 0.29) is 16.8 Å². The molecule has 1 aromatic carbocycles. The van der Waals surface area contributed by atoms with Gasteiger partial charge in [-0.05, 0) is 19.1 Å². The third-order valence-corrected chi connectivity index (χ3v) is 1.23. The summed E-state index contributed by atoms with van der Waals surface area (Å²) in [5.41, 5.74) is 1.42. The highest BCUT2D eigenvalue weighted by molar-refractivity contribution is 6.33. The zero-order valence-corrected chi connectivity index (χ0v) is 6.19. The van der Waals surface area contributed by atoms with Gasteiger partial charge in [-0.2, -0.15) is 0 Å². The van der Waals surface area contributed by atoms with Crippen LogP contribution in [0, 0.1) is 12.7 Å². The van der Waals surface area contributed by atoms with Gasteiger partial charge in [-0.25, -0.2) is 4.39 Å². The summed E-state index contributed by atoms with van der Waals surface area (Å²) in [7, 11) is 5.42. The molecular weight excluding hydrogens is 146 g/mol. The van der Waals surface area contributed by atoms with Crippen LogP contribution in [0.4, 0.5) is 4.39 Å². The van der Waals surface area contributed by atoms with Crippen LogP contribution in [0.1, 0.15) is 5.56 Å². The minimum absolute atomic E-state index is 0. The Morgan fingerprint density at radius 2 is 1.82 bits per heavy atom. The lowest BCUT2D eigenvalue weighted by Crippen LogP contribution is -2.05. The van der Waals surface area contributed by atoms with Crippen LogP contribution in [-0.4, -0.2) is 18.8 Å². The Labute approximate surface area is 66.1 Å². The molecule has 0 fully saturated rings. The van der Waals surface area contributed by atoms with Crippen molar-refractivity contribution < 1.29 is 15.3 Å². The summed E-state index contributed by atoms with van der Waals surface area (Å²) in [6, 6.07) is 4.32. The van der Waals surface area contributed by atoms with E-state index in [9.17, 15) is 4.39 Å². The summed E-state index contributed by atoms with van der Waals surface area (Å²) in [5.74, 6) is -0.235. The number of hydrogen-bond donors (Lipinski definition) is 0. The van der Waals surface area contributed by atoms with Crippen molar-refractivity contribution in [3.8, 4) is 0 Å². The van der Waals surface area contributed by atoms with Crippen molar-refractivity contribution in [3.63, 3.8) is 0 Å². The summed E-state index contributed by atoms with van der Waals surface area (Å²) >= 11 is 0. The Kier molecular flexibility index (Phi) is 5.66. The van der Waals surface area contributed by atoms with Crippen LogP contribution in [0.5, 0.6) is 0 Å². The second-order valence-corrected chi connectivity index (χ2v) is 2.00. The number of rotatable bonds is 0. The summed E-state index contributed by atoms with van der Waals surface area (Å²) in [6.45, 7) is 1.78. The molecular formula is C7H10BFO2. The number of aryl methyl sites for hydroxylation is 1. The Bertz CT molecular complexity index is 228. The number of benzene rings is 1. The molecule has 0 unspecified atom stereocenters. The Morgan fingerprint density at radius 1 is 1.27 bits per heavy atom. The SMILES string of the molecule is O.O.[B]c1ccc(F)cc1C. The Balaban J connectivity index is 0. The van der Waals surface area contributed by atoms with Crippen molar-refractivity contribution in [2.45, 2.75) is 6.92 Å². The molecule has 11 heavy (non-hydrogen) atoms. The third kappa shape index (κ3) is 3.16. The molecule has 2 nitrogen and oxygen atoms in total. The smallest absolute Gasteiger partial charge is 0.123 e. The normalized spacial score (nSPS) is 7.82. The van der Waals surface area contributed by atoms with E-state index in [4.69, 9.17) is 7.85 Å². The first kappa shape index (κ1) is 12.8. The van der Waals surface area contributed by atoms with Gasteiger partial charge < -0.3 is 11.0 Å². The molecule has 4 heteroatoms. The van der Waals surface area contributed by atoms with Gasteiger partial charge in [0.2, 0.25) is 0 Å². The molecule has 0 atom stereocenters. The highest BCUT2D eigenvalue weighted by atomic mass is 19.1. The fourth-order valence-electron chi connectivity index (χ4n) is 0.639. The molecule has 1 aromatic rings. The maximum absolute atomic E-state index is 12.3. The zero-order valence-electron chi connectivity index (χ0n) is 6.19. The van der Waals surface area contributed by atoms with Crippen molar-refractivity contribution in [3.05, 3.63) is 29.6 Å². The van der Waals surface area contributed by atoms with Gasteiger partial charge in [-0.3, -0.25) is 0 Å². The van der Waals surface area contributed by atoms with Gasteiger partial charge in [0.25, 0.3) is 0 Å². The molecule has 0 amide bonds. The van der Waals surface area contributed by atoms with Gasteiger partial charge in [0.15, 0.2) is 0 Å². The molecule has 0 aliphatic rings. The van der Waals surface area contributed by atoms with E-state index in [0.717, 1.165) is 5.56 Å². The highest BCUT2D eigenvalue weighted by Crippen LogP contribution is 1.97. The minimum atomic E-state index is -0.235. The number of halogens is 1. The van der Waals surface area contributed by atoms with E-state index < -0.39 is 0 Å². The minimum Gasteiger partial charge on any atom is -0.412 e. The third-order valence-electron chi connectivity index (χ3n) is 1.23. The van der Waals surface area contributed by atoms with E-state index in [1.54, 1.807) is 13.0 Å². The van der Waals surface area contributed by atoms with Crippen molar-refractivity contribution in [1.82, 2.24) is 0 Å². The molecule has 1 rings (SSSR count). The first-order valence-corrected chi connectivity index (χ1v) is 2.72. The standard InChI is InChI=1S/C7H6BF.2H2O/c1-5-4-6(9)2-3-7(5)8;;/h2-4H,1H3;2*1H2. The van der Waals surface area contributed by atoms with Crippen molar-refractivity contribution in [2.75, 3.05) is 0 Å². The van der Waals surface area contributed by atoms with E-state index in [0.29, 0.717) is 5.46 Å². The van der Waals surface area contributed by atoms with Gasteiger partial charge in [0.1, 0.15) is 13.7 Å². The van der Waals surface area contributed by atoms with E-state index in [1.165, 1.54) is 12.1 Å². The lowest BCUT2D eigenvalue weighted by molar-refractivity contribution is 0.627. The summed E-state index contributed by atoms with van der Waals surface area (Å²) in [5, 5.41) is 0. The molecule has 2 radical (unpaired) electrons. The van der Waals surface area contributed by atoms with E-state index in [2.05, 4.69) is 0 Å². The average Bonchev–Trinajstić information content (AvgIpc) is 1.80. The maximum Gasteiger partial charge on any atom is 0.123 e. The largest absolute Gasteiger partial charge is 0.412 e. The van der Waals surface area contributed by atoms with Crippen molar-refractivity contribution in [1.29, 1.82) is 0 Å². The molecule has 0 aliphatic heterocycles. The molecule has 0 saturated carbocycles. The van der Waals surface area contributed by atoms with Crippen LogP contribution in [0.25, 0.3) is 0 Å². The molecule has 4 N–H and O–H groups in total. The highest BCUT2D eigenvalue weighted by Gasteiger charge is 1.91. The predicted molar refractivity (Wildman–Crippen MR) is 43.8 cm³/mol. The molecule has 0 spiro atoms. The van der Waals surface area contributed by atoms with Gasteiger partial charge >= 0.3 is 0 Å². The van der Waals surface area contributed by atoms with Crippen LogP contribution in [0.15, 0.2) is 18.2 Å². The van der Waals surface area contributed by atoms with Crippen LogP contribution in [0.2, 0.25) is 0 Å². The Hall–Kier alpha value is -0.865.